The zero-order valence-corrected chi connectivity index (χ0v) is 15.2. The van der Waals surface area contributed by atoms with E-state index in [1.54, 1.807) is 0 Å². The molecule has 25 heavy (non-hydrogen) atoms. The Morgan fingerprint density at radius 1 is 1.00 bits per heavy atom. The fourth-order valence-corrected chi connectivity index (χ4v) is 3.68. The molecule has 128 valence electrons. The number of hydrogen-bond acceptors (Lipinski definition) is 3. The molecule has 1 fully saturated rings. The summed E-state index contributed by atoms with van der Waals surface area (Å²) in [4.78, 5) is 2.41. The van der Waals surface area contributed by atoms with Gasteiger partial charge in [-0.1, -0.05) is 42.5 Å². The van der Waals surface area contributed by atoms with E-state index >= 15 is 0 Å². The molecular weight excluding hydrogens is 328 g/mol. The van der Waals surface area contributed by atoms with Crippen LogP contribution in [-0.2, 0) is 6.67 Å². The van der Waals surface area contributed by atoms with Gasteiger partial charge in [0, 0.05) is 5.56 Å². The van der Waals surface area contributed by atoms with Crippen LogP contribution in [0.15, 0.2) is 54.6 Å². The number of hydrogen-bond donors (Lipinski definition) is 0. The number of aryl methyl sites for hydroxylation is 1. The largest absolute Gasteiger partial charge is 0.284 e. The molecular formula is C20H22N4S. The average molecular weight is 350 g/mol. The van der Waals surface area contributed by atoms with E-state index in [-0.39, 0.29) is 0 Å². The van der Waals surface area contributed by atoms with E-state index in [4.69, 9.17) is 17.3 Å². The zero-order valence-electron chi connectivity index (χ0n) is 14.4. The Bertz CT molecular complexity index is 920. The lowest BCUT2D eigenvalue weighted by molar-refractivity contribution is 0.253. The minimum atomic E-state index is 0.747. The van der Waals surface area contributed by atoms with E-state index in [1.165, 1.54) is 18.4 Å². The molecule has 0 unspecified atom stereocenters. The SMILES string of the molecule is Cc1cccc(-n2c(-c3ccccc3)nn(CN3CCCC3)c2=S)c1. The maximum absolute atomic E-state index is 5.81. The third kappa shape index (κ3) is 3.30. The Hall–Kier alpha value is -2.24. The minimum Gasteiger partial charge on any atom is -0.284 e. The van der Waals surface area contributed by atoms with Crippen molar-refractivity contribution in [2.75, 3.05) is 13.1 Å². The van der Waals surface area contributed by atoms with Crippen LogP contribution in [0.4, 0.5) is 0 Å². The number of benzene rings is 2. The van der Waals surface area contributed by atoms with Crippen molar-refractivity contribution in [3.63, 3.8) is 0 Å². The second kappa shape index (κ2) is 6.94. The molecule has 0 aliphatic carbocycles. The summed E-state index contributed by atoms with van der Waals surface area (Å²) < 4.78 is 4.80. The maximum Gasteiger partial charge on any atom is 0.204 e. The van der Waals surface area contributed by atoms with E-state index in [0.717, 1.165) is 41.6 Å². The molecule has 1 aliphatic rings. The van der Waals surface area contributed by atoms with E-state index in [0.29, 0.717) is 0 Å². The van der Waals surface area contributed by atoms with Gasteiger partial charge in [-0.15, -0.1) is 5.10 Å². The van der Waals surface area contributed by atoms with Gasteiger partial charge in [0.25, 0.3) is 0 Å². The second-order valence-electron chi connectivity index (χ2n) is 6.61. The predicted octanol–water partition coefficient (Wildman–Crippen LogP) is 4.43. The summed E-state index contributed by atoms with van der Waals surface area (Å²) in [6, 6.07) is 18.7. The summed E-state index contributed by atoms with van der Waals surface area (Å²) in [6.07, 6.45) is 2.52. The van der Waals surface area contributed by atoms with Crippen LogP contribution in [0.5, 0.6) is 0 Å². The van der Waals surface area contributed by atoms with Crippen molar-refractivity contribution in [3.8, 4) is 17.1 Å². The molecule has 4 rings (SSSR count). The predicted molar refractivity (Wildman–Crippen MR) is 103 cm³/mol. The third-order valence-corrected chi connectivity index (χ3v) is 5.06. The third-order valence-electron chi connectivity index (χ3n) is 4.66. The molecule has 2 heterocycles. The van der Waals surface area contributed by atoms with Gasteiger partial charge in [0.15, 0.2) is 5.82 Å². The molecule has 0 spiro atoms. The Labute approximate surface area is 153 Å². The van der Waals surface area contributed by atoms with Crippen LogP contribution in [0.3, 0.4) is 0 Å². The van der Waals surface area contributed by atoms with Gasteiger partial charge >= 0.3 is 0 Å². The van der Waals surface area contributed by atoms with E-state index in [1.807, 2.05) is 22.9 Å². The number of aromatic nitrogens is 3. The van der Waals surface area contributed by atoms with Gasteiger partial charge in [-0.05, 0) is 62.8 Å². The summed E-state index contributed by atoms with van der Waals surface area (Å²) >= 11 is 5.81. The van der Waals surface area contributed by atoms with Gasteiger partial charge in [-0.25, -0.2) is 4.68 Å². The first kappa shape index (κ1) is 16.2. The highest BCUT2D eigenvalue weighted by molar-refractivity contribution is 7.71. The van der Waals surface area contributed by atoms with Crippen LogP contribution in [0, 0.1) is 11.7 Å². The van der Waals surface area contributed by atoms with Gasteiger partial charge in [0.2, 0.25) is 4.77 Å². The minimum absolute atomic E-state index is 0.747. The lowest BCUT2D eigenvalue weighted by Crippen LogP contribution is -2.23. The summed E-state index contributed by atoms with van der Waals surface area (Å²) in [6.45, 7) is 5.11. The summed E-state index contributed by atoms with van der Waals surface area (Å²) in [5.41, 5.74) is 3.36. The molecule has 0 saturated carbocycles. The average Bonchev–Trinajstić information content (AvgIpc) is 3.25. The first-order valence-electron chi connectivity index (χ1n) is 8.77. The van der Waals surface area contributed by atoms with Crippen molar-refractivity contribution >= 4 is 12.2 Å². The van der Waals surface area contributed by atoms with Crippen molar-refractivity contribution < 1.29 is 0 Å². The van der Waals surface area contributed by atoms with E-state index < -0.39 is 0 Å². The van der Waals surface area contributed by atoms with Crippen molar-refractivity contribution in [1.29, 1.82) is 0 Å². The highest BCUT2D eigenvalue weighted by Crippen LogP contribution is 2.23. The summed E-state index contributed by atoms with van der Waals surface area (Å²) in [7, 11) is 0. The summed E-state index contributed by atoms with van der Waals surface area (Å²) in [5, 5.41) is 4.88. The van der Waals surface area contributed by atoms with Crippen LogP contribution >= 0.6 is 12.2 Å². The van der Waals surface area contributed by atoms with Crippen molar-refractivity contribution in [3.05, 3.63) is 64.9 Å². The molecule has 0 bridgehead atoms. The molecule has 0 atom stereocenters. The van der Waals surface area contributed by atoms with E-state index in [2.05, 4.69) is 52.8 Å². The lowest BCUT2D eigenvalue weighted by atomic mass is 10.2. The molecule has 1 saturated heterocycles. The highest BCUT2D eigenvalue weighted by atomic mass is 32.1. The van der Waals surface area contributed by atoms with Crippen molar-refractivity contribution in [2.24, 2.45) is 0 Å². The fraction of sp³-hybridized carbons (Fsp3) is 0.300. The molecule has 5 heteroatoms. The van der Waals surface area contributed by atoms with Crippen LogP contribution in [0.1, 0.15) is 18.4 Å². The Kier molecular flexibility index (Phi) is 4.51. The van der Waals surface area contributed by atoms with Crippen LogP contribution in [0.2, 0.25) is 0 Å². The molecule has 1 aromatic heterocycles. The molecule has 1 aliphatic heterocycles. The molecule has 3 aromatic rings. The normalized spacial score (nSPS) is 14.9. The van der Waals surface area contributed by atoms with Gasteiger partial charge in [-0.2, -0.15) is 0 Å². The molecule has 4 nitrogen and oxygen atoms in total. The van der Waals surface area contributed by atoms with Crippen LogP contribution < -0.4 is 0 Å². The lowest BCUT2D eigenvalue weighted by Gasteiger charge is -2.13. The fourth-order valence-electron chi connectivity index (χ4n) is 3.39. The van der Waals surface area contributed by atoms with Gasteiger partial charge in [0.1, 0.15) is 0 Å². The van der Waals surface area contributed by atoms with Gasteiger partial charge in [-0.3, -0.25) is 9.47 Å². The van der Waals surface area contributed by atoms with E-state index in [9.17, 15) is 0 Å². The Balaban J connectivity index is 1.85. The van der Waals surface area contributed by atoms with Crippen LogP contribution in [-0.4, -0.2) is 32.3 Å². The zero-order chi connectivity index (χ0) is 17.2. The van der Waals surface area contributed by atoms with Gasteiger partial charge < -0.3 is 0 Å². The molecule has 0 N–H and O–H groups in total. The van der Waals surface area contributed by atoms with Crippen molar-refractivity contribution in [1.82, 2.24) is 19.2 Å². The Morgan fingerprint density at radius 2 is 1.76 bits per heavy atom. The monoisotopic (exact) mass is 350 g/mol. The first-order valence-corrected chi connectivity index (χ1v) is 9.18. The number of rotatable bonds is 4. The maximum atomic E-state index is 5.81. The summed E-state index contributed by atoms with van der Waals surface area (Å²) in [5.74, 6) is 0.899. The second-order valence-corrected chi connectivity index (χ2v) is 6.98. The molecule has 0 amide bonds. The number of likely N-dealkylation sites (tertiary alicyclic amines) is 1. The Morgan fingerprint density at radius 3 is 2.48 bits per heavy atom. The van der Waals surface area contributed by atoms with Crippen LogP contribution in [0.25, 0.3) is 17.1 Å². The topological polar surface area (TPSA) is 26.0 Å². The van der Waals surface area contributed by atoms with Crippen molar-refractivity contribution in [2.45, 2.75) is 26.4 Å². The standard InChI is InChI=1S/C20H22N4S/c1-16-8-7-11-18(14-16)24-19(17-9-3-2-4-10-17)21-23(20(24)25)15-22-12-5-6-13-22/h2-4,7-11,14H,5-6,12-13,15H2,1H3. The first-order chi connectivity index (χ1) is 12.2. The highest BCUT2D eigenvalue weighted by Gasteiger charge is 2.18. The smallest absolute Gasteiger partial charge is 0.204 e. The van der Waals surface area contributed by atoms with Gasteiger partial charge in [0.05, 0.1) is 12.4 Å². The molecule has 2 aromatic carbocycles. The number of nitrogens with zero attached hydrogens (tertiary/aromatic N) is 4. The quantitative estimate of drug-likeness (QED) is 0.651. The molecule has 0 radical (unpaired) electrons.